The van der Waals surface area contributed by atoms with Crippen LogP contribution >= 0.6 is 0 Å². The number of methoxy groups -OCH3 is 1. The molecule has 0 atom stereocenters. The summed E-state index contributed by atoms with van der Waals surface area (Å²) < 4.78 is 11.4. The number of hydrogen-bond donors (Lipinski definition) is 2. The first-order chi connectivity index (χ1) is 18.4. The van der Waals surface area contributed by atoms with Gasteiger partial charge in [-0.05, 0) is 69.9 Å². The predicted molar refractivity (Wildman–Crippen MR) is 153 cm³/mol. The van der Waals surface area contributed by atoms with Crippen LogP contribution in [0.3, 0.4) is 0 Å². The number of carbonyl (C=O) groups is 1. The van der Waals surface area contributed by atoms with Crippen LogP contribution in [0.5, 0.6) is 11.5 Å². The Morgan fingerprint density at radius 2 is 2.05 bits per heavy atom. The number of carbonyl (C=O) groups excluding carboxylic acids is 1. The monoisotopic (exact) mass is 514 g/mol. The highest BCUT2D eigenvalue weighted by Crippen LogP contribution is 2.37. The summed E-state index contributed by atoms with van der Waals surface area (Å²) in [6, 6.07) is 13.4. The molecule has 38 heavy (non-hydrogen) atoms. The third-order valence-electron chi connectivity index (χ3n) is 6.00. The molecular weight excluding hydrogens is 480 g/mol. The number of allylic oxidation sites excluding steroid dienone is 2. The number of amides is 1. The van der Waals surface area contributed by atoms with Crippen LogP contribution in [0.25, 0.3) is 5.57 Å². The second-order valence-electron chi connectivity index (χ2n) is 9.11. The molecule has 0 saturated carbocycles. The normalized spacial score (nSPS) is 12.8. The first kappa shape index (κ1) is 26.7. The average Bonchev–Trinajstić information content (AvgIpc) is 2.89. The van der Waals surface area contributed by atoms with Crippen molar-refractivity contribution < 1.29 is 14.3 Å². The molecule has 198 valence electrons. The van der Waals surface area contributed by atoms with E-state index in [4.69, 9.17) is 14.5 Å². The molecule has 4 rings (SSSR count). The van der Waals surface area contributed by atoms with E-state index in [9.17, 15) is 4.79 Å². The number of likely N-dealkylation sites (N-methyl/N-ethyl adjacent to an activating group) is 1. The van der Waals surface area contributed by atoms with Gasteiger partial charge in [0.25, 0.3) is 0 Å². The summed E-state index contributed by atoms with van der Waals surface area (Å²) in [5, 5.41) is 6.19. The summed E-state index contributed by atoms with van der Waals surface area (Å²) in [5.41, 5.74) is 4.41. The molecule has 2 heterocycles. The first-order valence-corrected chi connectivity index (χ1v) is 12.5. The van der Waals surface area contributed by atoms with Crippen LogP contribution in [0.4, 0.5) is 28.8 Å². The molecule has 0 radical (unpaired) electrons. The Labute approximate surface area is 223 Å². The quantitative estimate of drug-likeness (QED) is 0.355. The van der Waals surface area contributed by atoms with Crippen LogP contribution in [-0.2, 0) is 4.79 Å². The fraction of sp³-hybridized carbons (Fsp3) is 0.276. The predicted octanol–water partition coefficient (Wildman–Crippen LogP) is 5.24. The van der Waals surface area contributed by atoms with Crippen molar-refractivity contribution in [3.8, 4) is 11.5 Å². The third-order valence-corrected chi connectivity index (χ3v) is 6.00. The van der Waals surface area contributed by atoms with Gasteiger partial charge in [0.15, 0.2) is 0 Å². The minimum Gasteiger partial charge on any atom is -0.494 e. The molecule has 2 aromatic carbocycles. The lowest BCUT2D eigenvalue weighted by molar-refractivity contribution is -0.111. The van der Waals surface area contributed by atoms with E-state index >= 15 is 0 Å². The number of benzene rings is 2. The molecule has 0 aliphatic carbocycles. The van der Waals surface area contributed by atoms with Gasteiger partial charge < -0.3 is 29.9 Å². The maximum atomic E-state index is 12.0. The van der Waals surface area contributed by atoms with Crippen LogP contribution in [0.2, 0.25) is 0 Å². The SMILES string of the molecule is CC=CC(=O)Nc1cccc(N2CC=C(C)c3cnc(Nc4ccc(OCCN(C)C)cc4OC)nc32)c1. The summed E-state index contributed by atoms with van der Waals surface area (Å²) in [7, 11) is 5.64. The number of anilines is 5. The Bertz CT molecular complexity index is 1350. The van der Waals surface area contributed by atoms with Gasteiger partial charge in [-0.25, -0.2) is 4.98 Å². The summed E-state index contributed by atoms with van der Waals surface area (Å²) in [5.74, 6) is 2.42. The number of ether oxygens (including phenoxy) is 2. The molecule has 0 fully saturated rings. The topological polar surface area (TPSA) is 91.9 Å². The summed E-state index contributed by atoms with van der Waals surface area (Å²) in [6.45, 7) is 5.91. The van der Waals surface area contributed by atoms with Gasteiger partial charge in [0, 0.05) is 42.3 Å². The first-order valence-electron chi connectivity index (χ1n) is 12.5. The van der Waals surface area contributed by atoms with Gasteiger partial charge in [-0.2, -0.15) is 4.98 Å². The van der Waals surface area contributed by atoms with E-state index < -0.39 is 0 Å². The molecule has 2 N–H and O–H groups in total. The number of hydrogen-bond acceptors (Lipinski definition) is 8. The van der Waals surface area contributed by atoms with Crippen molar-refractivity contribution in [3.05, 3.63) is 72.5 Å². The molecular formula is C29H34N6O3. The van der Waals surface area contributed by atoms with E-state index in [1.165, 1.54) is 6.08 Å². The van der Waals surface area contributed by atoms with Crippen molar-refractivity contribution in [2.75, 3.05) is 56.4 Å². The van der Waals surface area contributed by atoms with E-state index in [-0.39, 0.29) is 5.91 Å². The molecule has 0 saturated heterocycles. The van der Waals surface area contributed by atoms with E-state index in [1.807, 2.05) is 69.7 Å². The lowest BCUT2D eigenvalue weighted by atomic mass is 10.1. The Kier molecular flexibility index (Phi) is 8.60. The van der Waals surface area contributed by atoms with Gasteiger partial charge in [-0.1, -0.05) is 18.2 Å². The van der Waals surface area contributed by atoms with Crippen LogP contribution in [-0.4, -0.2) is 61.7 Å². The van der Waals surface area contributed by atoms with Crippen LogP contribution in [0.1, 0.15) is 19.4 Å². The zero-order valence-electron chi connectivity index (χ0n) is 22.5. The van der Waals surface area contributed by atoms with Gasteiger partial charge in [0.1, 0.15) is 23.9 Å². The minimum absolute atomic E-state index is 0.170. The van der Waals surface area contributed by atoms with Crippen molar-refractivity contribution in [2.24, 2.45) is 0 Å². The van der Waals surface area contributed by atoms with Crippen molar-refractivity contribution in [1.82, 2.24) is 14.9 Å². The third kappa shape index (κ3) is 6.49. The summed E-state index contributed by atoms with van der Waals surface area (Å²) in [4.78, 5) is 25.6. The average molecular weight is 515 g/mol. The second kappa shape index (κ2) is 12.2. The lowest BCUT2D eigenvalue weighted by Crippen LogP contribution is -2.23. The fourth-order valence-corrected chi connectivity index (χ4v) is 3.99. The maximum absolute atomic E-state index is 12.0. The Morgan fingerprint density at radius 3 is 2.82 bits per heavy atom. The number of nitrogens with zero attached hydrogens (tertiary/aromatic N) is 4. The molecule has 1 amide bonds. The van der Waals surface area contributed by atoms with E-state index in [1.54, 1.807) is 13.2 Å². The van der Waals surface area contributed by atoms with E-state index in [0.717, 1.165) is 40.6 Å². The number of rotatable bonds is 10. The van der Waals surface area contributed by atoms with Crippen LogP contribution in [0.15, 0.2) is 66.9 Å². The smallest absolute Gasteiger partial charge is 0.248 e. The molecule has 0 spiro atoms. The molecule has 1 aromatic heterocycles. The van der Waals surface area contributed by atoms with Gasteiger partial charge >= 0.3 is 0 Å². The van der Waals surface area contributed by atoms with Crippen molar-refractivity contribution >= 4 is 40.3 Å². The number of aromatic nitrogens is 2. The van der Waals surface area contributed by atoms with E-state index in [2.05, 4.69) is 38.4 Å². The van der Waals surface area contributed by atoms with Crippen LogP contribution in [0, 0.1) is 0 Å². The Hall–Kier alpha value is -4.37. The molecule has 9 heteroatoms. The Balaban J connectivity index is 1.59. The summed E-state index contributed by atoms with van der Waals surface area (Å²) >= 11 is 0. The molecule has 0 bridgehead atoms. The highest BCUT2D eigenvalue weighted by molar-refractivity contribution is 5.99. The molecule has 3 aromatic rings. The van der Waals surface area contributed by atoms with Crippen molar-refractivity contribution in [2.45, 2.75) is 13.8 Å². The van der Waals surface area contributed by atoms with Gasteiger partial charge in [0.05, 0.1) is 12.8 Å². The molecule has 0 unspecified atom stereocenters. The number of fused-ring (bicyclic) bond motifs is 1. The van der Waals surface area contributed by atoms with Gasteiger partial charge in [-0.15, -0.1) is 0 Å². The van der Waals surface area contributed by atoms with Gasteiger partial charge in [-0.3, -0.25) is 4.79 Å². The molecule has 1 aliphatic heterocycles. The molecule has 1 aliphatic rings. The van der Waals surface area contributed by atoms with Crippen molar-refractivity contribution in [3.63, 3.8) is 0 Å². The number of nitrogens with one attached hydrogen (secondary N) is 2. The standard InChI is InChI=1S/C29H34N6O3/c1-6-8-27(36)31-21-9-7-10-22(17-21)35-14-13-20(2)24-19-30-29(33-28(24)35)32-25-12-11-23(18-26(25)37-5)38-16-15-34(3)4/h6-13,17-19H,14-16H2,1-5H3,(H,31,36)(H,30,32,33). The largest absolute Gasteiger partial charge is 0.494 e. The summed E-state index contributed by atoms with van der Waals surface area (Å²) in [6.07, 6.45) is 7.17. The zero-order chi connectivity index (χ0) is 27.1. The fourth-order valence-electron chi connectivity index (χ4n) is 3.99. The van der Waals surface area contributed by atoms with Crippen LogP contribution < -0.4 is 25.0 Å². The zero-order valence-corrected chi connectivity index (χ0v) is 22.5. The highest BCUT2D eigenvalue weighted by Gasteiger charge is 2.22. The minimum atomic E-state index is -0.170. The van der Waals surface area contributed by atoms with E-state index in [0.29, 0.717) is 30.5 Å². The Morgan fingerprint density at radius 1 is 1.21 bits per heavy atom. The van der Waals surface area contributed by atoms with Crippen molar-refractivity contribution in [1.29, 1.82) is 0 Å². The second-order valence-corrected chi connectivity index (χ2v) is 9.11. The van der Waals surface area contributed by atoms with Gasteiger partial charge in [0.2, 0.25) is 11.9 Å². The lowest BCUT2D eigenvalue weighted by Gasteiger charge is -2.29. The maximum Gasteiger partial charge on any atom is 0.248 e. The highest BCUT2D eigenvalue weighted by atomic mass is 16.5. The molecule has 9 nitrogen and oxygen atoms in total.